The Morgan fingerprint density at radius 1 is 1.50 bits per heavy atom. The molecule has 0 bridgehead atoms. The summed E-state index contributed by atoms with van der Waals surface area (Å²) in [5.74, 6) is 0. The van der Waals surface area contributed by atoms with Crippen molar-refractivity contribution in [2.24, 2.45) is 5.73 Å². The van der Waals surface area contributed by atoms with Crippen molar-refractivity contribution in [2.75, 3.05) is 19.6 Å². The minimum atomic E-state index is -0.513. The Morgan fingerprint density at radius 3 is 2.75 bits per heavy atom. The number of likely N-dealkylation sites (tertiary alicyclic amines) is 1. The highest BCUT2D eigenvalue weighted by Crippen LogP contribution is 2.26. The monoisotopic (exact) mass is 240 g/mol. The van der Waals surface area contributed by atoms with Gasteiger partial charge in [-0.15, -0.1) is 11.3 Å². The Bertz CT molecular complexity index is 334. The molecule has 3 N–H and O–H groups in total. The average molecular weight is 240 g/mol. The van der Waals surface area contributed by atoms with Crippen LogP contribution in [-0.2, 0) is 0 Å². The predicted octanol–water partition coefficient (Wildman–Crippen LogP) is 1.51. The van der Waals surface area contributed by atoms with Gasteiger partial charge in [0.1, 0.15) is 6.10 Å². The first-order chi connectivity index (χ1) is 7.68. The second-order valence-electron chi connectivity index (χ2n) is 4.58. The molecule has 2 atom stereocenters. The van der Waals surface area contributed by atoms with Crippen molar-refractivity contribution in [1.29, 1.82) is 0 Å². The van der Waals surface area contributed by atoms with Crippen LogP contribution in [-0.4, -0.2) is 35.7 Å². The summed E-state index contributed by atoms with van der Waals surface area (Å²) in [5, 5.41) is 12.2. The van der Waals surface area contributed by atoms with Crippen LogP contribution in [0.2, 0.25) is 0 Å². The van der Waals surface area contributed by atoms with E-state index in [0.29, 0.717) is 0 Å². The van der Waals surface area contributed by atoms with Crippen molar-refractivity contribution < 1.29 is 5.11 Å². The first kappa shape index (κ1) is 12.0. The number of hydrogen-bond donors (Lipinski definition) is 2. The third kappa shape index (κ3) is 2.63. The molecule has 0 saturated carbocycles. The number of aliphatic hydroxyl groups excluding tert-OH is 1. The highest BCUT2D eigenvalue weighted by molar-refractivity contribution is 7.10. The molecule has 0 aliphatic carbocycles. The summed E-state index contributed by atoms with van der Waals surface area (Å²) in [6, 6.07) is 1.86. The molecule has 3 nitrogen and oxygen atoms in total. The molecular weight excluding hydrogens is 220 g/mol. The van der Waals surface area contributed by atoms with E-state index in [4.69, 9.17) is 5.73 Å². The van der Waals surface area contributed by atoms with Crippen LogP contribution in [0.15, 0.2) is 11.4 Å². The van der Waals surface area contributed by atoms with Crippen molar-refractivity contribution in [3.8, 4) is 0 Å². The van der Waals surface area contributed by atoms with Crippen molar-refractivity contribution in [2.45, 2.75) is 31.9 Å². The first-order valence-corrected chi connectivity index (χ1v) is 6.76. The minimum Gasteiger partial charge on any atom is -0.386 e. The number of nitrogens with zero attached hydrogens (tertiary/aromatic N) is 1. The molecule has 1 fully saturated rings. The molecule has 0 radical (unpaired) electrons. The van der Waals surface area contributed by atoms with Gasteiger partial charge in [-0.05, 0) is 49.9 Å². The average Bonchev–Trinajstić information content (AvgIpc) is 2.88. The van der Waals surface area contributed by atoms with Gasteiger partial charge in [-0.2, -0.15) is 0 Å². The maximum atomic E-state index is 10.2. The number of aryl methyl sites for hydroxylation is 1. The summed E-state index contributed by atoms with van der Waals surface area (Å²) in [5.41, 5.74) is 7.22. The van der Waals surface area contributed by atoms with Crippen LogP contribution >= 0.6 is 11.3 Å². The van der Waals surface area contributed by atoms with E-state index in [9.17, 15) is 5.11 Å². The molecule has 0 aromatic carbocycles. The fraction of sp³-hybridized carbons (Fsp3) is 0.667. The standard InChI is InChI=1S/C12H20N2OS/c1-9-4-7-16-12(9)11(15)10(13)8-14-5-2-3-6-14/h4,7,10-11,15H,2-3,5-6,8,13H2,1H3/t10-,11+/m1/s1. The third-order valence-electron chi connectivity index (χ3n) is 3.24. The third-order valence-corrected chi connectivity index (χ3v) is 4.33. The van der Waals surface area contributed by atoms with Crippen LogP contribution in [0, 0.1) is 6.92 Å². The molecule has 2 rings (SSSR count). The van der Waals surface area contributed by atoms with Crippen LogP contribution in [0.1, 0.15) is 29.4 Å². The van der Waals surface area contributed by atoms with Crippen molar-refractivity contribution in [3.63, 3.8) is 0 Å². The molecule has 0 unspecified atom stereocenters. The fourth-order valence-corrected chi connectivity index (χ4v) is 3.23. The first-order valence-electron chi connectivity index (χ1n) is 5.88. The smallest absolute Gasteiger partial charge is 0.105 e. The molecule has 1 aromatic rings. The molecule has 90 valence electrons. The minimum absolute atomic E-state index is 0.171. The van der Waals surface area contributed by atoms with E-state index in [0.717, 1.165) is 30.1 Å². The van der Waals surface area contributed by atoms with Gasteiger partial charge >= 0.3 is 0 Å². The maximum Gasteiger partial charge on any atom is 0.105 e. The number of rotatable bonds is 4. The van der Waals surface area contributed by atoms with Crippen molar-refractivity contribution in [3.05, 3.63) is 21.9 Å². The second kappa shape index (κ2) is 5.27. The Balaban J connectivity index is 1.93. The fourth-order valence-electron chi connectivity index (χ4n) is 2.25. The van der Waals surface area contributed by atoms with Crippen LogP contribution in [0.25, 0.3) is 0 Å². The summed E-state index contributed by atoms with van der Waals surface area (Å²) in [6.45, 7) is 5.09. The highest BCUT2D eigenvalue weighted by Gasteiger charge is 2.23. The van der Waals surface area contributed by atoms with Gasteiger partial charge in [0.15, 0.2) is 0 Å². The molecule has 4 heteroatoms. The second-order valence-corrected chi connectivity index (χ2v) is 5.53. The van der Waals surface area contributed by atoms with E-state index in [1.54, 1.807) is 11.3 Å². The van der Waals surface area contributed by atoms with E-state index >= 15 is 0 Å². The molecule has 0 spiro atoms. The number of thiophene rings is 1. The zero-order valence-corrected chi connectivity index (χ0v) is 10.5. The van der Waals surface area contributed by atoms with Gasteiger partial charge < -0.3 is 15.7 Å². The Labute approximate surface area is 101 Å². The van der Waals surface area contributed by atoms with E-state index in [-0.39, 0.29) is 6.04 Å². The number of nitrogens with two attached hydrogens (primary N) is 1. The SMILES string of the molecule is Cc1ccsc1[C@@H](O)[C@H](N)CN1CCCC1. The van der Waals surface area contributed by atoms with Gasteiger partial charge in [0, 0.05) is 17.5 Å². The summed E-state index contributed by atoms with van der Waals surface area (Å²) in [6.07, 6.45) is 2.02. The molecule has 1 aromatic heterocycles. The van der Waals surface area contributed by atoms with Crippen LogP contribution in [0.4, 0.5) is 0 Å². The molecule has 1 saturated heterocycles. The Morgan fingerprint density at radius 2 is 2.19 bits per heavy atom. The van der Waals surface area contributed by atoms with E-state index in [2.05, 4.69) is 4.90 Å². The van der Waals surface area contributed by atoms with Gasteiger partial charge in [0.25, 0.3) is 0 Å². The molecule has 2 heterocycles. The van der Waals surface area contributed by atoms with Gasteiger partial charge in [0.05, 0.1) is 0 Å². The lowest BCUT2D eigenvalue weighted by Crippen LogP contribution is -2.40. The van der Waals surface area contributed by atoms with Gasteiger partial charge in [-0.25, -0.2) is 0 Å². The van der Waals surface area contributed by atoms with E-state index < -0.39 is 6.10 Å². The van der Waals surface area contributed by atoms with Crippen LogP contribution in [0.5, 0.6) is 0 Å². The topological polar surface area (TPSA) is 49.5 Å². The Kier molecular flexibility index (Phi) is 3.97. The van der Waals surface area contributed by atoms with Gasteiger partial charge in [-0.3, -0.25) is 0 Å². The maximum absolute atomic E-state index is 10.2. The molecule has 16 heavy (non-hydrogen) atoms. The zero-order valence-electron chi connectivity index (χ0n) is 9.72. The quantitative estimate of drug-likeness (QED) is 0.839. The lowest BCUT2D eigenvalue weighted by Gasteiger charge is -2.24. The number of aliphatic hydroxyl groups is 1. The summed E-state index contributed by atoms with van der Waals surface area (Å²) in [4.78, 5) is 3.36. The highest BCUT2D eigenvalue weighted by atomic mass is 32.1. The van der Waals surface area contributed by atoms with Gasteiger partial charge in [-0.1, -0.05) is 0 Å². The molecular formula is C12H20N2OS. The lowest BCUT2D eigenvalue weighted by atomic mass is 10.1. The zero-order chi connectivity index (χ0) is 11.5. The summed E-state index contributed by atoms with van der Waals surface area (Å²) in [7, 11) is 0. The van der Waals surface area contributed by atoms with Crippen LogP contribution < -0.4 is 5.73 Å². The van der Waals surface area contributed by atoms with Crippen molar-refractivity contribution >= 4 is 11.3 Å². The Hall–Kier alpha value is -0.420. The normalized spacial score (nSPS) is 21.2. The summed E-state index contributed by atoms with van der Waals surface area (Å²) < 4.78 is 0. The molecule has 1 aliphatic rings. The summed E-state index contributed by atoms with van der Waals surface area (Å²) >= 11 is 1.60. The van der Waals surface area contributed by atoms with Crippen molar-refractivity contribution in [1.82, 2.24) is 4.90 Å². The van der Waals surface area contributed by atoms with Crippen LogP contribution in [0.3, 0.4) is 0 Å². The number of hydrogen-bond acceptors (Lipinski definition) is 4. The lowest BCUT2D eigenvalue weighted by molar-refractivity contribution is 0.128. The van der Waals surface area contributed by atoms with E-state index in [1.165, 1.54) is 12.8 Å². The van der Waals surface area contributed by atoms with E-state index in [1.807, 2.05) is 18.4 Å². The van der Waals surface area contributed by atoms with Gasteiger partial charge in [0.2, 0.25) is 0 Å². The largest absolute Gasteiger partial charge is 0.386 e. The predicted molar refractivity (Wildman–Crippen MR) is 67.7 cm³/mol. The molecule has 1 aliphatic heterocycles. The molecule has 0 amide bonds.